The molecule has 1 aromatic rings. The van der Waals surface area contributed by atoms with Gasteiger partial charge in [-0.1, -0.05) is 12.1 Å². The van der Waals surface area contributed by atoms with E-state index >= 15 is 0 Å². The van der Waals surface area contributed by atoms with E-state index in [0.29, 0.717) is 5.75 Å². The van der Waals surface area contributed by atoms with Crippen molar-refractivity contribution in [1.29, 1.82) is 0 Å². The smallest absolute Gasteiger partial charge is 0.258 e. The van der Waals surface area contributed by atoms with Crippen LogP contribution in [0.4, 0.5) is 0 Å². The fraction of sp³-hybridized carbons (Fsp3) is 0.500. The molecule has 0 bridgehead atoms. The summed E-state index contributed by atoms with van der Waals surface area (Å²) in [5.41, 5.74) is 0.505. The first-order valence-electron chi connectivity index (χ1n) is 6.00. The van der Waals surface area contributed by atoms with Crippen molar-refractivity contribution in [3.63, 3.8) is 0 Å². The van der Waals surface area contributed by atoms with Gasteiger partial charge in [0.2, 0.25) is 0 Å². The van der Waals surface area contributed by atoms with E-state index in [9.17, 15) is 9.90 Å². The summed E-state index contributed by atoms with van der Waals surface area (Å²) in [4.78, 5) is 11.6. The van der Waals surface area contributed by atoms with Crippen LogP contribution in [0.25, 0.3) is 0 Å². The second kappa shape index (κ2) is 5.87. The monoisotopic (exact) mass is 251 g/mol. The molecule has 1 aromatic carbocycles. The lowest BCUT2D eigenvalue weighted by molar-refractivity contribution is -0.124. The lowest BCUT2D eigenvalue weighted by Gasteiger charge is -2.20. The molecule has 0 unspecified atom stereocenters. The van der Waals surface area contributed by atoms with Gasteiger partial charge in [0.05, 0.1) is 6.10 Å². The molecule has 0 aliphatic heterocycles. The van der Waals surface area contributed by atoms with Crippen LogP contribution >= 0.6 is 0 Å². The molecule has 4 nitrogen and oxygen atoms in total. The standard InChI is InChI=1S/C14H21NO3/c1-10(16)11-6-5-7-12(8-11)18-9-13(17)15-14(2,3)4/h5-8,10,16H,9H2,1-4H3,(H,15,17)/t10-/m0/s1. The molecule has 0 fully saturated rings. The van der Waals surface area contributed by atoms with E-state index in [1.54, 1.807) is 25.1 Å². The number of hydrogen-bond donors (Lipinski definition) is 2. The average Bonchev–Trinajstić information content (AvgIpc) is 2.24. The average molecular weight is 251 g/mol. The number of ether oxygens (including phenoxy) is 1. The molecule has 0 aliphatic rings. The Morgan fingerprint density at radius 2 is 2.11 bits per heavy atom. The molecule has 0 saturated carbocycles. The highest BCUT2D eigenvalue weighted by molar-refractivity contribution is 5.78. The molecule has 0 saturated heterocycles. The Balaban J connectivity index is 2.53. The SMILES string of the molecule is C[C@H](O)c1cccc(OCC(=O)NC(C)(C)C)c1. The van der Waals surface area contributed by atoms with Crippen molar-refractivity contribution in [1.82, 2.24) is 5.32 Å². The van der Waals surface area contributed by atoms with Gasteiger partial charge in [-0.15, -0.1) is 0 Å². The summed E-state index contributed by atoms with van der Waals surface area (Å²) in [5.74, 6) is 0.419. The Morgan fingerprint density at radius 1 is 1.44 bits per heavy atom. The van der Waals surface area contributed by atoms with E-state index in [2.05, 4.69) is 5.32 Å². The lowest BCUT2D eigenvalue weighted by Crippen LogP contribution is -2.43. The van der Waals surface area contributed by atoms with Crippen molar-refractivity contribution >= 4 is 5.91 Å². The predicted octanol–water partition coefficient (Wildman–Crippen LogP) is 2.03. The quantitative estimate of drug-likeness (QED) is 0.861. The zero-order chi connectivity index (χ0) is 13.8. The molecule has 0 aromatic heterocycles. The van der Waals surface area contributed by atoms with Crippen molar-refractivity contribution in [2.24, 2.45) is 0 Å². The summed E-state index contributed by atoms with van der Waals surface area (Å²) in [7, 11) is 0. The van der Waals surface area contributed by atoms with Crippen LogP contribution in [0.15, 0.2) is 24.3 Å². The number of hydrogen-bond acceptors (Lipinski definition) is 3. The number of aliphatic hydroxyl groups excluding tert-OH is 1. The van der Waals surface area contributed by atoms with Crippen molar-refractivity contribution in [2.75, 3.05) is 6.61 Å². The number of aliphatic hydroxyl groups is 1. The topological polar surface area (TPSA) is 58.6 Å². The van der Waals surface area contributed by atoms with Gasteiger partial charge < -0.3 is 15.2 Å². The number of carbonyl (C=O) groups is 1. The molecule has 0 aliphatic carbocycles. The first-order chi connectivity index (χ1) is 8.28. The summed E-state index contributed by atoms with van der Waals surface area (Å²) in [6, 6.07) is 7.09. The lowest BCUT2D eigenvalue weighted by atomic mass is 10.1. The summed E-state index contributed by atoms with van der Waals surface area (Å²) in [6.45, 7) is 7.41. The van der Waals surface area contributed by atoms with Crippen LogP contribution in [-0.2, 0) is 4.79 Å². The van der Waals surface area contributed by atoms with Crippen molar-refractivity contribution < 1.29 is 14.6 Å². The molecule has 1 atom stereocenters. The maximum absolute atomic E-state index is 11.6. The van der Waals surface area contributed by atoms with E-state index in [4.69, 9.17) is 4.74 Å². The Kier molecular flexibility index (Phi) is 4.73. The maximum Gasteiger partial charge on any atom is 0.258 e. The number of benzene rings is 1. The van der Waals surface area contributed by atoms with Gasteiger partial charge >= 0.3 is 0 Å². The number of rotatable bonds is 4. The fourth-order valence-corrected chi connectivity index (χ4v) is 1.47. The van der Waals surface area contributed by atoms with Crippen LogP contribution in [0, 0.1) is 0 Å². The number of amides is 1. The molecule has 0 heterocycles. The van der Waals surface area contributed by atoms with E-state index in [1.807, 2.05) is 26.8 Å². The normalized spacial score (nSPS) is 12.9. The highest BCUT2D eigenvalue weighted by Crippen LogP contribution is 2.18. The van der Waals surface area contributed by atoms with Gasteiger partial charge in [0.15, 0.2) is 6.61 Å². The molecule has 1 rings (SSSR count). The Morgan fingerprint density at radius 3 is 2.67 bits per heavy atom. The van der Waals surface area contributed by atoms with E-state index in [-0.39, 0.29) is 18.1 Å². The minimum Gasteiger partial charge on any atom is -0.484 e. The molecular formula is C14H21NO3. The largest absolute Gasteiger partial charge is 0.484 e. The predicted molar refractivity (Wildman–Crippen MR) is 70.5 cm³/mol. The van der Waals surface area contributed by atoms with Gasteiger partial charge in [-0.2, -0.15) is 0 Å². The third-order valence-corrected chi connectivity index (χ3v) is 2.22. The van der Waals surface area contributed by atoms with Gasteiger partial charge in [-0.05, 0) is 45.4 Å². The van der Waals surface area contributed by atoms with E-state index < -0.39 is 6.10 Å². The second-order valence-corrected chi connectivity index (χ2v) is 5.34. The Hall–Kier alpha value is -1.55. The minimum atomic E-state index is -0.544. The van der Waals surface area contributed by atoms with Crippen LogP contribution in [0.5, 0.6) is 5.75 Å². The Bertz CT molecular complexity index is 408. The Labute approximate surface area is 108 Å². The van der Waals surface area contributed by atoms with Crippen molar-refractivity contribution in [2.45, 2.75) is 39.3 Å². The van der Waals surface area contributed by atoms with E-state index in [0.717, 1.165) is 5.56 Å². The van der Waals surface area contributed by atoms with Crippen molar-refractivity contribution in [3.05, 3.63) is 29.8 Å². The molecular weight excluding hydrogens is 230 g/mol. The summed E-state index contributed by atoms with van der Waals surface area (Å²) < 4.78 is 5.38. The third-order valence-electron chi connectivity index (χ3n) is 2.22. The zero-order valence-corrected chi connectivity index (χ0v) is 11.4. The zero-order valence-electron chi connectivity index (χ0n) is 11.4. The van der Waals surface area contributed by atoms with E-state index in [1.165, 1.54) is 0 Å². The van der Waals surface area contributed by atoms with Crippen LogP contribution < -0.4 is 10.1 Å². The third kappa shape index (κ3) is 5.19. The van der Waals surface area contributed by atoms with Crippen LogP contribution in [-0.4, -0.2) is 23.2 Å². The van der Waals surface area contributed by atoms with Gasteiger partial charge in [0, 0.05) is 5.54 Å². The molecule has 2 N–H and O–H groups in total. The second-order valence-electron chi connectivity index (χ2n) is 5.34. The highest BCUT2D eigenvalue weighted by atomic mass is 16.5. The van der Waals surface area contributed by atoms with Gasteiger partial charge in [-0.3, -0.25) is 4.79 Å². The van der Waals surface area contributed by atoms with Crippen molar-refractivity contribution in [3.8, 4) is 5.75 Å². The molecule has 0 radical (unpaired) electrons. The van der Waals surface area contributed by atoms with Crippen LogP contribution in [0.3, 0.4) is 0 Å². The highest BCUT2D eigenvalue weighted by Gasteiger charge is 2.14. The first-order valence-corrected chi connectivity index (χ1v) is 6.00. The molecule has 0 spiro atoms. The molecule has 100 valence electrons. The number of carbonyl (C=O) groups excluding carboxylic acids is 1. The van der Waals surface area contributed by atoms with Gasteiger partial charge in [0.1, 0.15) is 5.75 Å². The van der Waals surface area contributed by atoms with Gasteiger partial charge in [-0.25, -0.2) is 0 Å². The molecule has 4 heteroatoms. The molecule has 1 amide bonds. The van der Waals surface area contributed by atoms with Crippen LogP contribution in [0.1, 0.15) is 39.4 Å². The fourth-order valence-electron chi connectivity index (χ4n) is 1.47. The number of nitrogens with one attached hydrogen (secondary N) is 1. The summed E-state index contributed by atoms with van der Waals surface area (Å²) >= 11 is 0. The van der Waals surface area contributed by atoms with Gasteiger partial charge in [0.25, 0.3) is 5.91 Å². The summed E-state index contributed by atoms with van der Waals surface area (Å²) in [5, 5.41) is 12.3. The maximum atomic E-state index is 11.6. The van der Waals surface area contributed by atoms with Crippen LogP contribution in [0.2, 0.25) is 0 Å². The molecule has 18 heavy (non-hydrogen) atoms. The summed E-state index contributed by atoms with van der Waals surface area (Å²) in [6.07, 6.45) is -0.544. The minimum absolute atomic E-state index is 0.0272. The first kappa shape index (κ1) is 14.5.